The van der Waals surface area contributed by atoms with E-state index in [4.69, 9.17) is 10.5 Å². The number of hydrogen-bond donors (Lipinski definition) is 2. The SMILES string of the molecule is C=CC(=O)N(C)CCN1NC(c2ccc(Oc3c(F)c(F)cc(F)c3F)cc2F)c2c(N)ncnc21. The zero-order chi connectivity index (χ0) is 26.1. The number of nitrogen functional groups attached to an aromatic ring is 1. The minimum atomic E-state index is -1.76. The molecule has 8 nitrogen and oxygen atoms in total. The topological polar surface area (TPSA) is 96.6 Å². The molecule has 1 amide bonds. The summed E-state index contributed by atoms with van der Waals surface area (Å²) < 4.78 is 74.9. The zero-order valence-corrected chi connectivity index (χ0v) is 18.7. The third kappa shape index (κ3) is 4.52. The second kappa shape index (κ2) is 9.77. The van der Waals surface area contributed by atoms with Crippen molar-refractivity contribution in [2.24, 2.45) is 0 Å². The zero-order valence-electron chi connectivity index (χ0n) is 18.7. The third-order valence-corrected chi connectivity index (χ3v) is 5.51. The molecule has 1 aliphatic rings. The Labute approximate surface area is 201 Å². The summed E-state index contributed by atoms with van der Waals surface area (Å²) in [6.07, 6.45) is 2.40. The molecule has 0 saturated heterocycles. The van der Waals surface area contributed by atoms with Crippen LogP contribution in [0.1, 0.15) is 17.2 Å². The minimum Gasteiger partial charge on any atom is -0.451 e. The lowest BCUT2D eigenvalue weighted by atomic mass is 10.0. The summed E-state index contributed by atoms with van der Waals surface area (Å²) in [4.78, 5) is 21.3. The molecule has 1 atom stereocenters. The van der Waals surface area contributed by atoms with Gasteiger partial charge >= 0.3 is 0 Å². The van der Waals surface area contributed by atoms with E-state index in [0.717, 1.165) is 6.07 Å². The molecule has 2 heterocycles. The van der Waals surface area contributed by atoms with E-state index in [0.29, 0.717) is 11.4 Å². The van der Waals surface area contributed by atoms with Crippen LogP contribution in [0, 0.1) is 29.1 Å². The number of likely N-dealkylation sites (N-methyl/N-ethyl adjacent to an activating group) is 1. The van der Waals surface area contributed by atoms with Crippen molar-refractivity contribution in [3.05, 3.63) is 83.5 Å². The van der Waals surface area contributed by atoms with Crippen LogP contribution in [0.4, 0.5) is 33.6 Å². The van der Waals surface area contributed by atoms with E-state index in [2.05, 4.69) is 22.0 Å². The number of benzene rings is 2. The summed E-state index contributed by atoms with van der Waals surface area (Å²) in [7, 11) is 1.58. The van der Waals surface area contributed by atoms with Gasteiger partial charge in [0.05, 0.1) is 18.2 Å². The van der Waals surface area contributed by atoms with E-state index in [9.17, 15) is 22.4 Å². The predicted octanol–water partition coefficient (Wildman–Crippen LogP) is 3.61. The number of carbonyl (C=O) groups is 1. The van der Waals surface area contributed by atoms with E-state index in [1.807, 2.05) is 0 Å². The van der Waals surface area contributed by atoms with Crippen molar-refractivity contribution in [3.8, 4) is 11.5 Å². The van der Waals surface area contributed by atoms with Gasteiger partial charge in [-0.2, -0.15) is 8.78 Å². The van der Waals surface area contributed by atoms with Crippen LogP contribution >= 0.6 is 0 Å². The van der Waals surface area contributed by atoms with Crippen LogP contribution in [0.2, 0.25) is 0 Å². The van der Waals surface area contributed by atoms with Crippen LogP contribution in [-0.4, -0.2) is 40.9 Å². The summed E-state index contributed by atoms with van der Waals surface area (Å²) in [5.74, 6) is -9.32. The molecule has 0 radical (unpaired) electrons. The first-order valence-corrected chi connectivity index (χ1v) is 10.4. The molecule has 1 aliphatic heterocycles. The van der Waals surface area contributed by atoms with Crippen molar-refractivity contribution < 1.29 is 31.5 Å². The van der Waals surface area contributed by atoms with Gasteiger partial charge < -0.3 is 15.4 Å². The van der Waals surface area contributed by atoms with Crippen LogP contribution in [0.15, 0.2) is 43.2 Å². The van der Waals surface area contributed by atoms with Gasteiger partial charge in [-0.15, -0.1) is 0 Å². The normalized spacial score (nSPS) is 14.5. The fourth-order valence-corrected chi connectivity index (χ4v) is 3.65. The first-order chi connectivity index (χ1) is 17.1. The largest absolute Gasteiger partial charge is 0.451 e. The number of anilines is 2. The molecular weight excluding hydrogens is 487 g/mol. The predicted molar refractivity (Wildman–Crippen MR) is 119 cm³/mol. The smallest absolute Gasteiger partial charge is 0.245 e. The number of nitrogens with two attached hydrogens (primary N) is 1. The number of carbonyl (C=O) groups excluding carboxylic acids is 1. The monoisotopic (exact) mass is 506 g/mol. The molecule has 13 heteroatoms. The van der Waals surface area contributed by atoms with Crippen molar-refractivity contribution in [1.29, 1.82) is 0 Å². The van der Waals surface area contributed by atoms with Crippen molar-refractivity contribution in [2.75, 3.05) is 30.9 Å². The highest BCUT2D eigenvalue weighted by atomic mass is 19.2. The summed E-state index contributed by atoms with van der Waals surface area (Å²) >= 11 is 0. The van der Waals surface area contributed by atoms with E-state index in [-0.39, 0.29) is 36.4 Å². The lowest BCUT2D eigenvalue weighted by molar-refractivity contribution is -0.124. The average molecular weight is 506 g/mol. The Morgan fingerprint density at radius 3 is 2.50 bits per heavy atom. The molecule has 4 rings (SSSR count). The molecule has 0 aliphatic carbocycles. The van der Waals surface area contributed by atoms with Gasteiger partial charge in [-0.05, 0) is 12.1 Å². The molecule has 188 valence electrons. The van der Waals surface area contributed by atoms with Gasteiger partial charge in [-0.1, -0.05) is 12.6 Å². The lowest BCUT2D eigenvalue weighted by Crippen LogP contribution is -2.41. The molecule has 1 aromatic heterocycles. The Hall–Kier alpha value is -4.26. The number of rotatable bonds is 7. The first kappa shape index (κ1) is 24.9. The standard InChI is InChI=1S/C23H19F5N6O2/c1-3-16(35)33(2)6-7-34-23-17(22(29)30-10-31-23)20(32-34)12-5-4-11(8-13(12)24)36-21-18(27)14(25)9-15(26)19(21)28/h3-5,8-10,20,32H,1,6-7H2,2H3,(H2,29,30,31). The van der Waals surface area contributed by atoms with Crippen LogP contribution in [0.25, 0.3) is 0 Å². The molecule has 36 heavy (non-hydrogen) atoms. The molecule has 3 aromatic rings. The highest BCUT2D eigenvalue weighted by Crippen LogP contribution is 2.40. The first-order valence-electron chi connectivity index (χ1n) is 10.4. The Morgan fingerprint density at radius 1 is 1.17 bits per heavy atom. The van der Waals surface area contributed by atoms with Crippen molar-refractivity contribution in [1.82, 2.24) is 20.3 Å². The molecule has 2 aromatic carbocycles. The number of hydrogen-bond acceptors (Lipinski definition) is 7. The minimum absolute atomic E-state index is 0.0354. The van der Waals surface area contributed by atoms with Crippen LogP contribution < -0.4 is 20.9 Å². The Morgan fingerprint density at radius 2 is 1.86 bits per heavy atom. The summed E-state index contributed by atoms with van der Waals surface area (Å²) in [6, 6.07) is 2.39. The molecule has 0 spiro atoms. The highest BCUT2D eigenvalue weighted by Gasteiger charge is 2.35. The number of nitrogens with zero attached hydrogens (tertiary/aromatic N) is 4. The molecular formula is C23H19F5N6O2. The summed E-state index contributed by atoms with van der Waals surface area (Å²) in [6.45, 7) is 3.95. The second-order valence-corrected chi connectivity index (χ2v) is 7.76. The van der Waals surface area contributed by atoms with E-state index in [1.165, 1.54) is 29.4 Å². The maximum atomic E-state index is 15.2. The number of halogens is 5. The summed E-state index contributed by atoms with van der Waals surface area (Å²) in [5, 5.41) is 1.58. The third-order valence-electron chi connectivity index (χ3n) is 5.51. The number of ether oxygens (including phenoxy) is 1. The van der Waals surface area contributed by atoms with Gasteiger partial charge in [0.15, 0.2) is 17.5 Å². The highest BCUT2D eigenvalue weighted by molar-refractivity contribution is 5.86. The fourth-order valence-electron chi connectivity index (χ4n) is 3.65. The van der Waals surface area contributed by atoms with Gasteiger partial charge in [-0.3, -0.25) is 9.80 Å². The Bertz CT molecular complexity index is 1330. The maximum absolute atomic E-state index is 15.2. The Balaban J connectivity index is 1.62. The maximum Gasteiger partial charge on any atom is 0.245 e. The van der Waals surface area contributed by atoms with Crippen LogP contribution in [0.5, 0.6) is 11.5 Å². The van der Waals surface area contributed by atoms with E-state index < -0.39 is 46.6 Å². The van der Waals surface area contributed by atoms with Gasteiger partial charge in [0.25, 0.3) is 0 Å². The number of fused-ring (bicyclic) bond motifs is 1. The number of amides is 1. The average Bonchev–Trinajstić information content (AvgIpc) is 3.23. The van der Waals surface area contributed by atoms with Gasteiger partial charge in [-0.25, -0.2) is 28.6 Å². The van der Waals surface area contributed by atoms with Gasteiger partial charge in [0.1, 0.15) is 23.7 Å². The lowest BCUT2D eigenvalue weighted by Gasteiger charge is -2.23. The molecule has 0 fully saturated rings. The molecule has 3 N–H and O–H groups in total. The number of hydrazine groups is 1. The number of nitrogens with one attached hydrogen (secondary N) is 1. The van der Waals surface area contributed by atoms with E-state index in [1.54, 1.807) is 12.1 Å². The van der Waals surface area contributed by atoms with Crippen LogP contribution in [-0.2, 0) is 4.79 Å². The Kier molecular flexibility index (Phi) is 6.75. The molecule has 0 bridgehead atoms. The van der Waals surface area contributed by atoms with Crippen molar-refractivity contribution in [2.45, 2.75) is 6.04 Å². The second-order valence-electron chi connectivity index (χ2n) is 7.76. The van der Waals surface area contributed by atoms with Crippen LogP contribution in [0.3, 0.4) is 0 Å². The van der Waals surface area contributed by atoms with Crippen molar-refractivity contribution >= 4 is 17.5 Å². The fraction of sp³-hybridized carbons (Fsp3) is 0.174. The molecule has 1 unspecified atom stereocenters. The summed E-state index contributed by atoms with van der Waals surface area (Å²) in [5.41, 5.74) is 9.51. The number of aromatic nitrogens is 2. The van der Waals surface area contributed by atoms with E-state index >= 15 is 4.39 Å². The van der Waals surface area contributed by atoms with Crippen molar-refractivity contribution in [3.63, 3.8) is 0 Å². The molecule has 0 saturated carbocycles. The quantitative estimate of drug-likeness (QED) is 0.287. The van der Waals surface area contributed by atoms with Gasteiger partial charge in [0.2, 0.25) is 23.3 Å². The van der Waals surface area contributed by atoms with Gasteiger partial charge in [0, 0.05) is 31.3 Å².